The van der Waals surface area contributed by atoms with Crippen LogP contribution in [0.1, 0.15) is 11.1 Å². The predicted molar refractivity (Wildman–Crippen MR) is 99.7 cm³/mol. The Hall–Kier alpha value is -3.67. The van der Waals surface area contributed by atoms with Crippen molar-refractivity contribution >= 4 is 17.7 Å². The Labute approximate surface area is 150 Å². The molecule has 6 heteroatoms. The van der Waals surface area contributed by atoms with Crippen LogP contribution in [-0.4, -0.2) is 15.4 Å². The third-order valence-corrected chi connectivity index (χ3v) is 3.81. The highest BCUT2D eigenvalue weighted by Gasteiger charge is 2.04. The predicted octanol–water partition coefficient (Wildman–Crippen LogP) is 3.72. The van der Waals surface area contributed by atoms with Gasteiger partial charge in [0.15, 0.2) is 0 Å². The molecular weight excluding hydrogens is 330 g/mol. The Morgan fingerprint density at radius 1 is 1.08 bits per heavy atom. The summed E-state index contributed by atoms with van der Waals surface area (Å²) in [5.41, 5.74) is 2.63. The van der Waals surface area contributed by atoms with Gasteiger partial charge in [-0.3, -0.25) is 14.9 Å². The SMILES string of the molecule is O=C(C=Cc1cccc([N+](=O)[O-])c1)NCc1ccc(-n2cccc2)cc1. The molecule has 0 saturated heterocycles. The number of nitro groups is 1. The number of benzene rings is 2. The highest BCUT2D eigenvalue weighted by molar-refractivity contribution is 5.91. The minimum atomic E-state index is -0.463. The highest BCUT2D eigenvalue weighted by atomic mass is 16.6. The van der Waals surface area contributed by atoms with Gasteiger partial charge < -0.3 is 9.88 Å². The van der Waals surface area contributed by atoms with Crippen LogP contribution in [0.3, 0.4) is 0 Å². The molecule has 0 aliphatic rings. The van der Waals surface area contributed by atoms with Crippen LogP contribution in [0.25, 0.3) is 11.8 Å². The number of rotatable bonds is 6. The standard InChI is InChI=1S/C20H17N3O3/c24-20(11-8-16-4-3-5-19(14-16)23(25)26)21-15-17-6-9-18(10-7-17)22-12-1-2-13-22/h1-14H,15H2,(H,21,24). The van der Waals surface area contributed by atoms with Crippen molar-refractivity contribution in [3.05, 3.63) is 100 Å². The number of hydrogen-bond donors (Lipinski definition) is 1. The van der Waals surface area contributed by atoms with Gasteiger partial charge in [0.05, 0.1) is 4.92 Å². The van der Waals surface area contributed by atoms with Crippen molar-refractivity contribution in [2.45, 2.75) is 6.54 Å². The van der Waals surface area contributed by atoms with Gasteiger partial charge in [-0.15, -0.1) is 0 Å². The van der Waals surface area contributed by atoms with Gasteiger partial charge in [-0.1, -0.05) is 24.3 Å². The second-order valence-electron chi connectivity index (χ2n) is 5.66. The maximum atomic E-state index is 11.9. The molecule has 130 valence electrons. The molecular formula is C20H17N3O3. The molecule has 0 atom stereocenters. The molecule has 0 aliphatic carbocycles. The number of non-ortho nitro benzene ring substituents is 1. The summed E-state index contributed by atoms with van der Waals surface area (Å²) in [5, 5.41) is 13.5. The van der Waals surface area contributed by atoms with Crippen molar-refractivity contribution in [3.8, 4) is 5.69 Å². The summed E-state index contributed by atoms with van der Waals surface area (Å²) in [7, 11) is 0. The lowest BCUT2D eigenvalue weighted by atomic mass is 10.2. The van der Waals surface area contributed by atoms with Gasteiger partial charge in [-0.05, 0) is 41.5 Å². The summed E-state index contributed by atoms with van der Waals surface area (Å²) in [6.45, 7) is 0.407. The van der Waals surface area contributed by atoms with Crippen LogP contribution in [0, 0.1) is 10.1 Å². The Balaban J connectivity index is 1.55. The molecule has 2 aromatic carbocycles. The maximum absolute atomic E-state index is 11.9. The summed E-state index contributed by atoms with van der Waals surface area (Å²) in [6, 6.07) is 17.9. The van der Waals surface area contributed by atoms with Crippen molar-refractivity contribution in [2.75, 3.05) is 0 Å². The van der Waals surface area contributed by atoms with Crippen molar-refractivity contribution < 1.29 is 9.72 Å². The molecule has 1 N–H and O–H groups in total. The van der Waals surface area contributed by atoms with Crippen molar-refractivity contribution in [2.24, 2.45) is 0 Å². The third-order valence-electron chi connectivity index (χ3n) is 3.81. The van der Waals surface area contributed by atoms with Gasteiger partial charge >= 0.3 is 0 Å². The smallest absolute Gasteiger partial charge is 0.270 e. The van der Waals surface area contributed by atoms with Gasteiger partial charge in [0.2, 0.25) is 5.91 Å². The van der Waals surface area contributed by atoms with E-state index in [9.17, 15) is 14.9 Å². The molecule has 1 heterocycles. The topological polar surface area (TPSA) is 77.2 Å². The van der Waals surface area contributed by atoms with Crippen molar-refractivity contribution in [1.29, 1.82) is 0 Å². The van der Waals surface area contributed by atoms with Gasteiger partial charge in [0, 0.05) is 42.8 Å². The van der Waals surface area contributed by atoms with Crippen LogP contribution < -0.4 is 5.32 Å². The van der Waals surface area contributed by atoms with E-state index in [1.807, 2.05) is 53.4 Å². The van der Waals surface area contributed by atoms with Crippen molar-refractivity contribution in [3.63, 3.8) is 0 Å². The number of nitro benzene ring substituents is 1. The molecule has 0 aliphatic heterocycles. The Morgan fingerprint density at radius 3 is 2.50 bits per heavy atom. The summed E-state index contributed by atoms with van der Waals surface area (Å²) in [6.07, 6.45) is 6.86. The first-order chi connectivity index (χ1) is 12.6. The van der Waals surface area contributed by atoms with Crippen LogP contribution >= 0.6 is 0 Å². The van der Waals surface area contributed by atoms with E-state index in [1.54, 1.807) is 18.2 Å². The first-order valence-electron chi connectivity index (χ1n) is 8.04. The normalized spacial score (nSPS) is 10.8. The van der Waals surface area contributed by atoms with E-state index in [-0.39, 0.29) is 11.6 Å². The highest BCUT2D eigenvalue weighted by Crippen LogP contribution is 2.14. The number of carbonyl (C=O) groups excluding carboxylic acids is 1. The van der Waals surface area contributed by atoms with Gasteiger partial charge in [-0.25, -0.2) is 0 Å². The fraction of sp³-hybridized carbons (Fsp3) is 0.0500. The van der Waals surface area contributed by atoms with Crippen LogP contribution in [0.2, 0.25) is 0 Å². The molecule has 6 nitrogen and oxygen atoms in total. The van der Waals surface area contributed by atoms with E-state index >= 15 is 0 Å². The molecule has 3 rings (SSSR count). The minimum Gasteiger partial charge on any atom is -0.348 e. The lowest BCUT2D eigenvalue weighted by Gasteiger charge is -2.06. The average Bonchev–Trinajstić information content (AvgIpc) is 3.20. The summed E-state index contributed by atoms with van der Waals surface area (Å²) >= 11 is 0. The molecule has 1 amide bonds. The minimum absolute atomic E-state index is 0.00431. The lowest BCUT2D eigenvalue weighted by Crippen LogP contribution is -2.20. The Morgan fingerprint density at radius 2 is 1.81 bits per heavy atom. The van der Waals surface area contributed by atoms with Crippen molar-refractivity contribution in [1.82, 2.24) is 9.88 Å². The molecule has 0 fully saturated rings. The number of nitrogens with zero attached hydrogens (tertiary/aromatic N) is 2. The quantitative estimate of drug-likeness (QED) is 0.419. The summed E-state index contributed by atoms with van der Waals surface area (Å²) in [4.78, 5) is 22.2. The van der Waals surface area contributed by atoms with Gasteiger partial charge in [0.1, 0.15) is 0 Å². The van der Waals surface area contributed by atoms with E-state index in [2.05, 4.69) is 5.32 Å². The van der Waals surface area contributed by atoms with E-state index < -0.39 is 4.92 Å². The fourth-order valence-electron chi connectivity index (χ4n) is 2.45. The van der Waals surface area contributed by atoms with Gasteiger partial charge in [-0.2, -0.15) is 0 Å². The third kappa shape index (κ3) is 4.45. The fourth-order valence-corrected chi connectivity index (χ4v) is 2.45. The largest absolute Gasteiger partial charge is 0.348 e. The molecule has 0 unspecified atom stereocenters. The second-order valence-corrected chi connectivity index (χ2v) is 5.66. The first-order valence-corrected chi connectivity index (χ1v) is 8.04. The zero-order valence-corrected chi connectivity index (χ0v) is 13.9. The maximum Gasteiger partial charge on any atom is 0.270 e. The second kappa shape index (κ2) is 7.94. The number of amides is 1. The average molecular weight is 347 g/mol. The summed E-state index contributed by atoms with van der Waals surface area (Å²) < 4.78 is 2.00. The van der Waals surface area contributed by atoms with E-state index in [1.165, 1.54) is 18.2 Å². The van der Waals surface area contributed by atoms with Crippen LogP contribution in [0.5, 0.6) is 0 Å². The van der Waals surface area contributed by atoms with E-state index in [0.29, 0.717) is 12.1 Å². The molecule has 0 bridgehead atoms. The molecule has 3 aromatic rings. The summed E-state index contributed by atoms with van der Waals surface area (Å²) in [5.74, 6) is -0.258. The molecule has 0 radical (unpaired) electrons. The van der Waals surface area contributed by atoms with Crippen LogP contribution in [0.4, 0.5) is 5.69 Å². The number of aromatic nitrogens is 1. The zero-order valence-electron chi connectivity index (χ0n) is 13.9. The zero-order chi connectivity index (χ0) is 18.4. The molecule has 1 aromatic heterocycles. The van der Waals surface area contributed by atoms with E-state index in [4.69, 9.17) is 0 Å². The number of carbonyl (C=O) groups is 1. The first kappa shape index (κ1) is 17.2. The van der Waals surface area contributed by atoms with Crippen LogP contribution in [-0.2, 0) is 11.3 Å². The number of nitrogens with one attached hydrogen (secondary N) is 1. The van der Waals surface area contributed by atoms with Gasteiger partial charge in [0.25, 0.3) is 5.69 Å². The van der Waals surface area contributed by atoms with Crippen LogP contribution in [0.15, 0.2) is 79.1 Å². The Kier molecular flexibility index (Phi) is 5.24. The molecule has 0 spiro atoms. The monoisotopic (exact) mass is 347 g/mol. The van der Waals surface area contributed by atoms with E-state index in [0.717, 1.165) is 11.3 Å². The molecule has 0 saturated carbocycles. The lowest BCUT2D eigenvalue weighted by molar-refractivity contribution is -0.384. The number of hydrogen-bond acceptors (Lipinski definition) is 3. The molecule has 26 heavy (non-hydrogen) atoms. The Bertz CT molecular complexity index is 929.